The summed E-state index contributed by atoms with van der Waals surface area (Å²) in [6.45, 7) is 9.94. The third-order valence-corrected chi connectivity index (χ3v) is 4.29. The number of amides is 2. The maximum atomic E-state index is 12.7. The SMILES string of the molecule is CCCN(CCC)C(=O)c1cccc(C(=O)N2CCNC(C)C2)c1.Cl. The monoisotopic (exact) mass is 367 g/mol. The van der Waals surface area contributed by atoms with Gasteiger partial charge < -0.3 is 15.1 Å². The molecule has 1 aromatic carbocycles. The zero-order valence-electron chi connectivity index (χ0n) is 15.5. The second kappa shape index (κ2) is 10.4. The van der Waals surface area contributed by atoms with E-state index in [2.05, 4.69) is 26.1 Å². The van der Waals surface area contributed by atoms with Gasteiger partial charge in [-0.25, -0.2) is 0 Å². The lowest BCUT2D eigenvalue weighted by Crippen LogP contribution is -2.51. The summed E-state index contributed by atoms with van der Waals surface area (Å²) < 4.78 is 0. The van der Waals surface area contributed by atoms with Crippen molar-refractivity contribution in [3.8, 4) is 0 Å². The first-order valence-electron chi connectivity index (χ1n) is 8.98. The van der Waals surface area contributed by atoms with Gasteiger partial charge in [0.15, 0.2) is 0 Å². The molecule has 1 N–H and O–H groups in total. The molecule has 0 radical (unpaired) electrons. The molecule has 1 saturated heterocycles. The molecular weight excluding hydrogens is 338 g/mol. The Hall–Kier alpha value is -1.59. The molecule has 2 rings (SSSR count). The van der Waals surface area contributed by atoms with E-state index in [1.54, 1.807) is 18.2 Å². The van der Waals surface area contributed by atoms with Crippen LogP contribution in [0.1, 0.15) is 54.3 Å². The molecule has 1 heterocycles. The average Bonchev–Trinajstić information content (AvgIpc) is 2.60. The van der Waals surface area contributed by atoms with Crippen molar-refractivity contribution >= 4 is 24.2 Å². The van der Waals surface area contributed by atoms with Crippen molar-refractivity contribution in [2.75, 3.05) is 32.7 Å². The summed E-state index contributed by atoms with van der Waals surface area (Å²) in [4.78, 5) is 29.2. The van der Waals surface area contributed by atoms with Crippen LogP contribution in [0.4, 0.5) is 0 Å². The maximum Gasteiger partial charge on any atom is 0.253 e. The van der Waals surface area contributed by atoms with Gasteiger partial charge in [0.2, 0.25) is 0 Å². The first kappa shape index (κ1) is 21.5. The van der Waals surface area contributed by atoms with Gasteiger partial charge in [0.1, 0.15) is 0 Å². The van der Waals surface area contributed by atoms with E-state index in [1.165, 1.54) is 0 Å². The lowest BCUT2D eigenvalue weighted by atomic mass is 10.1. The van der Waals surface area contributed by atoms with Crippen LogP contribution in [-0.2, 0) is 0 Å². The van der Waals surface area contributed by atoms with Gasteiger partial charge in [-0.2, -0.15) is 0 Å². The lowest BCUT2D eigenvalue weighted by molar-refractivity contribution is 0.0709. The molecule has 0 spiro atoms. The highest BCUT2D eigenvalue weighted by atomic mass is 35.5. The Kier molecular flexibility index (Phi) is 8.93. The first-order valence-corrected chi connectivity index (χ1v) is 8.98. The van der Waals surface area contributed by atoms with Crippen LogP contribution in [-0.4, -0.2) is 60.4 Å². The van der Waals surface area contributed by atoms with Gasteiger partial charge in [-0.3, -0.25) is 9.59 Å². The van der Waals surface area contributed by atoms with Crippen LogP contribution in [0.5, 0.6) is 0 Å². The van der Waals surface area contributed by atoms with E-state index in [4.69, 9.17) is 0 Å². The van der Waals surface area contributed by atoms with E-state index in [1.807, 2.05) is 15.9 Å². The van der Waals surface area contributed by atoms with E-state index < -0.39 is 0 Å². The molecule has 1 aliphatic heterocycles. The summed E-state index contributed by atoms with van der Waals surface area (Å²) in [5, 5.41) is 3.34. The second-order valence-corrected chi connectivity index (χ2v) is 6.48. The van der Waals surface area contributed by atoms with E-state index >= 15 is 0 Å². The molecule has 5 nitrogen and oxygen atoms in total. The molecule has 0 aliphatic carbocycles. The Bertz CT molecular complexity index is 542. The minimum atomic E-state index is 0. The van der Waals surface area contributed by atoms with Gasteiger partial charge in [0.05, 0.1) is 0 Å². The Morgan fingerprint density at radius 1 is 1.20 bits per heavy atom. The van der Waals surface area contributed by atoms with Crippen molar-refractivity contribution in [3.63, 3.8) is 0 Å². The number of nitrogens with one attached hydrogen (secondary N) is 1. The van der Waals surface area contributed by atoms with E-state index in [0.717, 1.165) is 32.5 Å². The number of nitrogens with zero attached hydrogens (tertiary/aromatic N) is 2. The van der Waals surface area contributed by atoms with Gasteiger partial charge in [-0.05, 0) is 38.0 Å². The molecule has 0 saturated carbocycles. The molecule has 1 aromatic rings. The van der Waals surface area contributed by atoms with Gasteiger partial charge in [0, 0.05) is 49.9 Å². The minimum absolute atomic E-state index is 0. The topological polar surface area (TPSA) is 52.7 Å². The molecular formula is C19H30ClN3O2. The summed E-state index contributed by atoms with van der Waals surface area (Å²) in [6.07, 6.45) is 1.87. The highest BCUT2D eigenvalue weighted by Gasteiger charge is 2.23. The third-order valence-electron chi connectivity index (χ3n) is 4.29. The van der Waals surface area contributed by atoms with Crippen molar-refractivity contribution in [2.45, 2.75) is 39.7 Å². The number of carbonyl (C=O) groups excluding carboxylic acids is 2. The fraction of sp³-hybridized carbons (Fsp3) is 0.579. The van der Waals surface area contributed by atoms with Gasteiger partial charge in [0.25, 0.3) is 11.8 Å². The summed E-state index contributed by atoms with van der Waals surface area (Å²) in [5.74, 6) is 0.0255. The number of hydrogen-bond acceptors (Lipinski definition) is 3. The summed E-state index contributed by atoms with van der Waals surface area (Å²) in [6, 6.07) is 7.46. The van der Waals surface area contributed by atoms with E-state index in [9.17, 15) is 9.59 Å². The predicted octanol–water partition coefficient (Wildman–Crippen LogP) is 2.80. The van der Waals surface area contributed by atoms with Crippen LogP contribution in [0, 0.1) is 0 Å². The van der Waals surface area contributed by atoms with Gasteiger partial charge in [-0.15, -0.1) is 12.4 Å². The zero-order valence-corrected chi connectivity index (χ0v) is 16.3. The largest absolute Gasteiger partial charge is 0.339 e. The second-order valence-electron chi connectivity index (χ2n) is 6.48. The minimum Gasteiger partial charge on any atom is -0.339 e. The standard InChI is InChI=1S/C19H29N3O2.ClH/c1-4-10-21(11-5-2)18(23)16-7-6-8-17(13-16)19(24)22-12-9-20-15(3)14-22;/h6-8,13,15,20H,4-5,9-12,14H2,1-3H3;1H. The number of halogens is 1. The number of rotatable bonds is 6. The number of carbonyl (C=O) groups is 2. The summed E-state index contributed by atoms with van der Waals surface area (Å²) in [5.41, 5.74) is 1.20. The molecule has 25 heavy (non-hydrogen) atoms. The quantitative estimate of drug-likeness (QED) is 0.841. The number of hydrogen-bond donors (Lipinski definition) is 1. The smallest absolute Gasteiger partial charge is 0.253 e. The molecule has 0 aromatic heterocycles. The van der Waals surface area contributed by atoms with Crippen LogP contribution in [0.3, 0.4) is 0 Å². The Labute approximate surface area is 157 Å². The molecule has 140 valence electrons. The molecule has 1 unspecified atom stereocenters. The highest BCUT2D eigenvalue weighted by Crippen LogP contribution is 2.13. The predicted molar refractivity (Wildman–Crippen MR) is 104 cm³/mol. The van der Waals surface area contributed by atoms with Crippen LogP contribution < -0.4 is 5.32 Å². The Morgan fingerprint density at radius 2 is 1.84 bits per heavy atom. The molecule has 0 bridgehead atoms. The van der Waals surface area contributed by atoms with Crippen molar-refractivity contribution in [2.24, 2.45) is 0 Å². The lowest BCUT2D eigenvalue weighted by Gasteiger charge is -2.32. The first-order chi connectivity index (χ1) is 11.6. The third kappa shape index (κ3) is 5.72. The molecule has 1 fully saturated rings. The molecule has 2 amide bonds. The highest BCUT2D eigenvalue weighted by molar-refractivity contribution is 5.99. The van der Waals surface area contributed by atoms with Crippen LogP contribution >= 0.6 is 12.4 Å². The zero-order chi connectivity index (χ0) is 17.5. The fourth-order valence-corrected chi connectivity index (χ4v) is 3.12. The van der Waals surface area contributed by atoms with Crippen LogP contribution in [0.15, 0.2) is 24.3 Å². The van der Waals surface area contributed by atoms with Gasteiger partial charge in [-0.1, -0.05) is 19.9 Å². The molecule has 1 atom stereocenters. The van der Waals surface area contributed by atoms with E-state index in [-0.39, 0.29) is 24.2 Å². The summed E-state index contributed by atoms with van der Waals surface area (Å²) >= 11 is 0. The van der Waals surface area contributed by atoms with Crippen molar-refractivity contribution in [1.82, 2.24) is 15.1 Å². The van der Waals surface area contributed by atoms with Crippen molar-refractivity contribution in [3.05, 3.63) is 35.4 Å². The molecule has 6 heteroatoms. The van der Waals surface area contributed by atoms with Crippen molar-refractivity contribution < 1.29 is 9.59 Å². The van der Waals surface area contributed by atoms with Crippen molar-refractivity contribution in [1.29, 1.82) is 0 Å². The maximum absolute atomic E-state index is 12.7. The average molecular weight is 368 g/mol. The van der Waals surface area contributed by atoms with Crippen LogP contribution in [0.2, 0.25) is 0 Å². The number of piperazine rings is 1. The van der Waals surface area contributed by atoms with E-state index in [0.29, 0.717) is 30.3 Å². The normalized spacial score (nSPS) is 16.9. The Balaban J connectivity index is 0.00000312. The van der Waals surface area contributed by atoms with Gasteiger partial charge >= 0.3 is 0 Å². The van der Waals surface area contributed by atoms with Crippen LogP contribution in [0.25, 0.3) is 0 Å². The fourth-order valence-electron chi connectivity index (χ4n) is 3.12. The Morgan fingerprint density at radius 3 is 2.44 bits per heavy atom. The summed E-state index contributed by atoms with van der Waals surface area (Å²) in [7, 11) is 0. The molecule has 1 aliphatic rings. The number of benzene rings is 1.